The highest BCUT2D eigenvalue weighted by Gasteiger charge is 2.35. The molecule has 0 radical (unpaired) electrons. The zero-order chi connectivity index (χ0) is 21.0. The largest absolute Gasteiger partial charge is 0.493 e. The molecule has 0 bridgehead atoms. The van der Waals surface area contributed by atoms with Crippen LogP contribution in [-0.2, 0) is 14.3 Å². The molecule has 2 unspecified atom stereocenters. The first-order valence-corrected chi connectivity index (χ1v) is 9.81. The van der Waals surface area contributed by atoms with E-state index >= 15 is 0 Å². The van der Waals surface area contributed by atoms with Crippen LogP contribution in [0, 0.1) is 0 Å². The molecule has 2 amide bonds. The van der Waals surface area contributed by atoms with E-state index in [1.165, 1.54) is 0 Å². The minimum Gasteiger partial charge on any atom is -0.493 e. The molecule has 3 rings (SSSR count). The van der Waals surface area contributed by atoms with E-state index in [0.717, 1.165) is 12.8 Å². The average Bonchev–Trinajstić information content (AvgIpc) is 3.19. The Morgan fingerprint density at radius 2 is 2.14 bits per heavy atom. The lowest BCUT2D eigenvalue weighted by atomic mass is 9.94. The van der Waals surface area contributed by atoms with Gasteiger partial charge in [0.05, 0.1) is 30.9 Å². The topological polar surface area (TPSA) is 95.1 Å². The van der Waals surface area contributed by atoms with E-state index in [9.17, 15) is 9.59 Å². The second-order valence-corrected chi connectivity index (χ2v) is 7.35. The minimum absolute atomic E-state index is 0.0823. The third kappa shape index (κ3) is 4.82. The number of esters is 1. The SMILES string of the molecule is COc1cccc(C2NC(=O)NC(C)=C2C(=O)OCC2CCCO2)c1OC(C)C. The van der Waals surface area contributed by atoms with E-state index in [2.05, 4.69) is 10.6 Å². The van der Waals surface area contributed by atoms with Gasteiger partial charge in [0.1, 0.15) is 6.61 Å². The van der Waals surface area contributed by atoms with Crippen molar-refractivity contribution in [2.24, 2.45) is 0 Å². The van der Waals surface area contributed by atoms with Gasteiger partial charge in [-0.25, -0.2) is 9.59 Å². The summed E-state index contributed by atoms with van der Waals surface area (Å²) in [5, 5.41) is 5.46. The molecule has 2 aliphatic heterocycles. The van der Waals surface area contributed by atoms with Crippen molar-refractivity contribution in [3.05, 3.63) is 35.0 Å². The third-order valence-electron chi connectivity index (χ3n) is 4.81. The molecule has 2 N–H and O–H groups in total. The number of allylic oxidation sites excluding steroid dienone is 1. The second kappa shape index (κ2) is 9.17. The predicted octanol–water partition coefficient (Wildman–Crippen LogP) is 2.83. The first-order chi connectivity index (χ1) is 13.9. The molecule has 1 aromatic carbocycles. The summed E-state index contributed by atoms with van der Waals surface area (Å²) in [6.07, 6.45) is 1.62. The standard InChI is InChI=1S/C21H28N2O6/c1-12(2)29-19-15(8-5-9-16(19)26-4)18-17(13(3)22-21(25)23-18)20(24)28-11-14-7-6-10-27-14/h5,8-9,12,14,18H,6-7,10-11H2,1-4H3,(H2,22,23,25). The number of benzene rings is 1. The molecule has 1 fully saturated rings. The fourth-order valence-electron chi connectivity index (χ4n) is 3.50. The second-order valence-electron chi connectivity index (χ2n) is 7.35. The zero-order valence-corrected chi connectivity index (χ0v) is 17.2. The number of methoxy groups -OCH3 is 1. The van der Waals surface area contributed by atoms with Crippen LogP contribution in [0.15, 0.2) is 29.5 Å². The van der Waals surface area contributed by atoms with Crippen molar-refractivity contribution in [2.45, 2.75) is 51.9 Å². The maximum absolute atomic E-state index is 12.9. The lowest BCUT2D eigenvalue weighted by Gasteiger charge is -2.30. The summed E-state index contributed by atoms with van der Waals surface area (Å²) in [6, 6.07) is 4.24. The number of ether oxygens (including phenoxy) is 4. The summed E-state index contributed by atoms with van der Waals surface area (Å²) in [5.74, 6) is 0.497. The van der Waals surface area contributed by atoms with Crippen molar-refractivity contribution >= 4 is 12.0 Å². The minimum atomic E-state index is -0.732. The summed E-state index contributed by atoms with van der Waals surface area (Å²) in [7, 11) is 1.55. The van der Waals surface area contributed by atoms with E-state index in [1.807, 2.05) is 13.8 Å². The first-order valence-electron chi connectivity index (χ1n) is 9.81. The van der Waals surface area contributed by atoms with Gasteiger partial charge >= 0.3 is 12.0 Å². The number of urea groups is 1. The summed E-state index contributed by atoms with van der Waals surface area (Å²) in [5.41, 5.74) is 1.38. The first kappa shape index (κ1) is 21.0. The number of amides is 2. The number of hydrogen-bond donors (Lipinski definition) is 2. The molecule has 0 aliphatic carbocycles. The smallest absolute Gasteiger partial charge is 0.338 e. The normalized spacial score (nSPS) is 21.6. The molecule has 158 valence electrons. The number of nitrogens with one attached hydrogen (secondary N) is 2. The molecule has 0 saturated carbocycles. The van der Waals surface area contributed by atoms with Crippen LogP contribution in [0.4, 0.5) is 4.79 Å². The van der Waals surface area contributed by atoms with Crippen molar-refractivity contribution in [3.8, 4) is 11.5 Å². The van der Waals surface area contributed by atoms with Crippen molar-refractivity contribution in [2.75, 3.05) is 20.3 Å². The van der Waals surface area contributed by atoms with Gasteiger partial charge < -0.3 is 29.6 Å². The number of hydrogen-bond acceptors (Lipinski definition) is 6. The van der Waals surface area contributed by atoms with Crippen LogP contribution in [0.25, 0.3) is 0 Å². The number of rotatable bonds is 7. The fraction of sp³-hybridized carbons (Fsp3) is 0.524. The molecule has 2 heterocycles. The van der Waals surface area contributed by atoms with Gasteiger partial charge in [-0.3, -0.25) is 0 Å². The monoisotopic (exact) mass is 404 g/mol. The van der Waals surface area contributed by atoms with Gasteiger partial charge in [-0.15, -0.1) is 0 Å². The van der Waals surface area contributed by atoms with Gasteiger partial charge in [0.15, 0.2) is 11.5 Å². The fourth-order valence-corrected chi connectivity index (χ4v) is 3.50. The summed E-state index contributed by atoms with van der Waals surface area (Å²) in [6.45, 7) is 6.34. The van der Waals surface area contributed by atoms with Gasteiger partial charge in [0.25, 0.3) is 0 Å². The average molecular weight is 404 g/mol. The predicted molar refractivity (Wildman–Crippen MR) is 106 cm³/mol. The number of para-hydroxylation sites is 1. The van der Waals surface area contributed by atoms with Crippen LogP contribution in [-0.4, -0.2) is 44.5 Å². The van der Waals surface area contributed by atoms with Crippen LogP contribution >= 0.6 is 0 Å². The van der Waals surface area contributed by atoms with E-state index in [-0.39, 0.29) is 18.8 Å². The molecule has 0 spiro atoms. The zero-order valence-electron chi connectivity index (χ0n) is 17.2. The molecular formula is C21H28N2O6. The molecular weight excluding hydrogens is 376 g/mol. The number of carbonyl (C=O) groups excluding carboxylic acids is 2. The Morgan fingerprint density at radius 3 is 2.79 bits per heavy atom. The van der Waals surface area contributed by atoms with E-state index in [4.69, 9.17) is 18.9 Å². The highest BCUT2D eigenvalue weighted by molar-refractivity contribution is 5.95. The third-order valence-corrected chi connectivity index (χ3v) is 4.81. The van der Waals surface area contributed by atoms with Crippen molar-refractivity contribution in [3.63, 3.8) is 0 Å². The summed E-state index contributed by atoms with van der Waals surface area (Å²) in [4.78, 5) is 25.1. The van der Waals surface area contributed by atoms with Crippen LogP contribution in [0.5, 0.6) is 11.5 Å². The van der Waals surface area contributed by atoms with Gasteiger partial charge in [-0.2, -0.15) is 0 Å². The molecule has 1 aromatic rings. The molecule has 2 aliphatic rings. The Balaban J connectivity index is 1.94. The summed E-state index contributed by atoms with van der Waals surface area (Å²) >= 11 is 0. The van der Waals surface area contributed by atoms with E-state index < -0.39 is 18.0 Å². The molecule has 8 heteroatoms. The molecule has 8 nitrogen and oxygen atoms in total. The Bertz CT molecular complexity index is 798. The molecule has 1 saturated heterocycles. The van der Waals surface area contributed by atoms with Gasteiger partial charge in [-0.05, 0) is 39.7 Å². The number of carbonyl (C=O) groups is 2. The quantitative estimate of drug-likeness (QED) is 0.679. The Labute approximate surface area is 170 Å². The lowest BCUT2D eigenvalue weighted by Crippen LogP contribution is -2.45. The van der Waals surface area contributed by atoms with Crippen LogP contribution < -0.4 is 20.1 Å². The Morgan fingerprint density at radius 1 is 1.34 bits per heavy atom. The van der Waals surface area contributed by atoms with Crippen LogP contribution in [0.2, 0.25) is 0 Å². The Hall–Kier alpha value is -2.74. The lowest BCUT2D eigenvalue weighted by molar-refractivity contribution is -0.142. The molecule has 2 atom stereocenters. The van der Waals surface area contributed by atoms with Crippen LogP contribution in [0.1, 0.15) is 45.2 Å². The van der Waals surface area contributed by atoms with E-state index in [1.54, 1.807) is 32.2 Å². The van der Waals surface area contributed by atoms with Crippen molar-refractivity contribution in [1.29, 1.82) is 0 Å². The maximum atomic E-state index is 12.9. The molecule has 29 heavy (non-hydrogen) atoms. The highest BCUT2D eigenvalue weighted by atomic mass is 16.6. The van der Waals surface area contributed by atoms with Crippen LogP contribution in [0.3, 0.4) is 0 Å². The van der Waals surface area contributed by atoms with Gasteiger partial charge in [0.2, 0.25) is 0 Å². The highest BCUT2D eigenvalue weighted by Crippen LogP contribution is 2.39. The maximum Gasteiger partial charge on any atom is 0.338 e. The van der Waals surface area contributed by atoms with Crippen molar-refractivity contribution < 1.29 is 28.5 Å². The Kier molecular flexibility index (Phi) is 6.64. The summed E-state index contributed by atoms with van der Waals surface area (Å²) < 4.78 is 22.4. The van der Waals surface area contributed by atoms with Gasteiger partial charge in [0, 0.05) is 17.9 Å². The molecule has 0 aromatic heterocycles. The van der Waals surface area contributed by atoms with E-state index in [0.29, 0.717) is 34.9 Å². The van der Waals surface area contributed by atoms with Gasteiger partial charge in [-0.1, -0.05) is 12.1 Å². The van der Waals surface area contributed by atoms with Crippen molar-refractivity contribution in [1.82, 2.24) is 10.6 Å².